The fourth-order valence-electron chi connectivity index (χ4n) is 3.67. The topological polar surface area (TPSA) is 141 Å². The summed E-state index contributed by atoms with van der Waals surface area (Å²) < 4.78 is 12.1. The number of aromatic nitrogens is 2. The van der Waals surface area contributed by atoms with Crippen LogP contribution in [0.5, 0.6) is 11.5 Å². The lowest BCUT2D eigenvalue weighted by Crippen LogP contribution is -2.21. The van der Waals surface area contributed by atoms with E-state index in [2.05, 4.69) is 41.7 Å². The molecule has 0 aliphatic rings. The maximum atomic E-state index is 12.5. The zero-order valence-electron chi connectivity index (χ0n) is 21.7. The number of H-pyrrole nitrogens is 1. The third kappa shape index (κ3) is 6.92. The molecule has 11 heteroatoms. The summed E-state index contributed by atoms with van der Waals surface area (Å²) in [5.74, 6) is 0.567. The van der Waals surface area contributed by atoms with Gasteiger partial charge >= 0.3 is 0 Å². The van der Waals surface area contributed by atoms with Gasteiger partial charge in [-0.15, -0.1) is 0 Å². The van der Waals surface area contributed by atoms with Crippen LogP contribution in [0.2, 0.25) is 0 Å². The Hall–Kier alpha value is -4.95. The van der Waals surface area contributed by atoms with Gasteiger partial charge in [-0.05, 0) is 53.5 Å². The Balaban J connectivity index is 1.49. The summed E-state index contributed by atoms with van der Waals surface area (Å²) in [6, 6.07) is 21.7. The van der Waals surface area contributed by atoms with E-state index < -0.39 is 5.56 Å². The molecule has 0 unspecified atom stereocenters. The van der Waals surface area contributed by atoms with Crippen molar-refractivity contribution >= 4 is 39.7 Å². The minimum absolute atomic E-state index is 0.0693. The first-order valence-electron chi connectivity index (χ1n) is 12.2. The van der Waals surface area contributed by atoms with Gasteiger partial charge in [0, 0.05) is 21.3 Å². The Morgan fingerprint density at radius 1 is 1.12 bits per heavy atom. The molecule has 0 bridgehead atoms. The van der Waals surface area contributed by atoms with Crippen molar-refractivity contribution in [2.75, 3.05) is 24.0 Å². The van der Waals surface area contributed by atoms with Crippen molar-refractivity contribution in [1.82, 2.24) is 9.97 Å². The number of hydrogen-bond acceptors (Lipinski definition) is 8. The van der Waals surface area contributed by atoms with Crippen molar-refractivity contribution in [3.8, 4) is 28.8 Å². The number of benzene rings is 3. The van der Waals surface area contributed by atoms with E-state index in [9.17, 15) is 14.9 Å². The molecule has 1 aromatic heterocycles. The summed E-state index contributed by atoms with van der Waals surface area (Å²) in [7, 11) is 0. The van der Waals surface area contributed by atoms with E-state index >= 15 is 0 Å². The number of ether oxygens (including phenoxy) is 2. The molecule has 10 nitrogen and oxygen atoms in total. The fourth-order valence-corrected chi connectivity index (χ4v) is 4.10. The van der Waals surface area contributed by atoms with E-state index in [0.29, 0.717) is 33.7 Å². The Morgan fingerprint density at radius 2 is 1.85 bits per heavy atom. The third-order valence-electron chi connectivity index (χ3n) is 5.59. The summed E-state index contributed by atoms with van der Waals surface area (Å²) in [6.45, 7) is 3.91. The van der Waals surface area contributed by atoms with Gasteiger partial charge in [0.15, 0.2) is 18.1 Å². The highest BCUT2D eigenvalue weighted by atomic mass is 79.9. The summed E-state index contributed by atoms with van der Waals surface area (Å²) in [5.41, 5.74) is 5.21. The van der Waals surface area contributed by atoms with E-state index in [0.717, 1.165) is 11.3 Å². The van der Waals surface area contributed by atoms with Crippen molar-refractivity contribution in [3.05, 3.63) is 98.2 Å². The number of nitriles is 1. The van der Waals surface area contributed by atoms with Crippen molar-refractivity contribution < 1.29 is 14.3 Å². The molecular formula is C29H25BrN6O4. The second-order valence-corrected chi connectivity index (χ2v) is 9.25. The Morgan fingerprint density at radius 3 is 2.58 bits per heavy atom. The maximum absolute atomic E-state index is 12.5. The van der Waals surface area contributed by atoms with E-state index in [1.807, 2.05) is 50.2 Å². The van der Waals surface area contributed by atoms with E-state index in [1.54, 1.807) is 36.4 Å². The van der Waals surface area contributed by atoms with Gasteiger partial charge in [-0.1, -0.05) is 48.5 Å². The largest absolute Gasteiger partial charge is 0.490 e. The summed E-state index contributed by atoms with van der Waals surface area (Å²) >= 11 is 3.50. The summed E-state index contributed by atoms with van der Waals surface area (Å²) in [5, 5.41) is 16.5. The van der Waals surface area contributed by atoms with Crippen LogP contribution in [0.3, 0.4) is 0 Å². The molecule has 40 heavy (non-hydrogen) atoms. The molecule has 0 spiro atoms. The highest BCUT2D eigenvalue weighted by molar-refractivity contribution is 9.10. The number of aromatic amines is 1. The van der Waals surface area contributed by atoms with Crippen molar-refractivity contribution in [1.29, 1.82) is 5.26 Å². The standard InChI is InChI=1S/C29H25BrN6O4/c1-3-39-24-13-20(22(30)14-25(24)40-17-26(37)33-23-12-8-7-9-18(23)2)16-32-36-29-34-27(19-10-5-4-6-11-19)21(15-31)28(38)35-29/h4-14,16H,3,17H2,1-2H3,(H,33,37)(H2,34,35,36,38). The Labute approximate surface area is 238 Å². The van der Waals surface area contributed by atoms with Gasteiger partial charge in [-0.25, -0.2) is 10.4 Å². The molecule has 0 saturated heterocycles. The molecule has 0 atom stereocenters. The minimum Gasteiger partial charge on any atom is -0.490 e. The number of carbonyl (C=O) groups is 1. The van der Waals surface area contributed by atoms with Gasteiger partial charge in [0.25, 0.3) is 11.5 Å². The Kier molecular flexibility index (Phi) is 9.27. The fraction of sp³-hybridized carbons (Fsp3) is 0.138. The molecule has 3 aromatic carbocycles. The van der Waals surface area contributed by atoms with Gasteiger partial charge in [0.05, 0.1) is 18.5 Å². The molecule has 1 heterocycles. The van der Waals surface area contributed by atoms with Gasteiger partial charge < -0.3 is 14.8 Å². The van der Waals surface area contributed by atoms with E-state index in [-0.39, 0.29) is 29.7 Å². The highest BCUT2D eigenvalue weighted by Crippen LogP contribution is 2.33. The van der Waals surface area contributed by atoms with Crippen molar-refractivity contribution in [2.45, 2.75) is 13.8 Å². The maximum Gasteiger partial charge on any atom is 0.270 e. The number of amides is 1. The lowest BCUT2D eigenvalue weighted by molar-refractivity contribution is -0.118. The normalized spacial score (nSPS) is 10.7. The van der Waals surface area contributed by atoms with E-state index in [1.165, 1.54) is 6.21 Å². The van der Waals surface area contributed by atoms with Gasteiger partial charge in [0.2, 0.25) is 5.95 Å². The van der Waals surface area contributed by atoms with Gasteiger partial charge in [-0.3, -0.25) is 14.6 Å². The predicted octanol–water partition coefficient (Wildman–Crippen LogP) is 5.24. The number of nitrogens with zero attached hydrogens (tertiary/aromatic N) is 3. The van der Waals surface area contributed by atoms with Crippen LogP contribution < -0.4 is 25.8 Å². The molecule has 0 fully saturated rings. The highest BCUT2D eigenvalue weighted by Gasteiger charge is 2.14. The zero-order valence-corrected chi connectivity index (χ0v) is 23.3. The first-order chi connectivity index (χ1) is 19.4. The third-order valence-corrected chi connectivity index (χ3v) is 6.28. The summed E-state index contributed by atoms with van der Waals surface area (Å²) in [4.78, 5) is 31.8. The number of para-hydroxylation sites is 1. The van der Waals surface area contributed by atoms with Crippen LogP contribution in [0.25, 0.3) is 11.3 Å². The molecule has 0 aliphatic heterocycles. The van der Waals surface area contributed by atoms with Crippen LogP contribution in [0, 0.1) is 18.3 Å². The zero-order chi connectivity index (χ0) is 28.5. The number of halogens is 1. The number of hydrogen-bond donors (Lipinski definition) is 3. The number of rotatable bonds is 10. The lowest BCUT2D eigenvalue weighted by Gasteiger charge is -2.14. The lowest BCUT2D eigenvalue weighted by atomic mass is 10.1. The molecule has 3 N–H and O–H groups in total. The van der Waals surface area contributed by atoms with E-state index in [4.69, 9.17) is 9.47 Å². The molecule has 0 radical (unpaired) electrons. The number of anilines is 2. The van der Waals surface area contributed by atoms with Crippen molar-refractivity contribution in [3.63, 3.8) is 0 Å². The monoisotopic (exact) mass is 600 g/mol. The van der Waals surface area contributed by atoms with Crippen LogP contribution in [0.15, 0.2) is 81.1 Å². The predicted molar refractivity (Wildman–Crippen MR) is 157 cm³/mol. The van der Waals surface area contributed by atoms with Crippen LogP contribution in [0.1, 0.15) is 23.6 Å². The number of hydrazone groups is 1. The average molecular weight is 601 g/mol. The van der Waals surface area contributed by atoms with Crippen molar-refractivity contribution in [2.24, 2.45) is 5.10 Å². The molecule has 4 rings (SSSR count). The van der Waals surface area contributed by atoms with Crippen LogP contribution in [-0.2, 0) is 4.79 Å². The number of nitrogens with one attached hydrogen (secondary N) is 3. The van der Waals surface area contributed by atoms with Gasteiger partial charge in [0.1, 0.15) is 11.6 Å². The molecule has 4 aromatic rings. The molecule has 202 valence electrons. The quantitative estimate of drug-likeness (QED) is 0.167. The van der Waals surface area contributed by atoms with Crippen LogP contribution >= 0.6 is 15.9 Å². The Bertz CT molecular complexity index is 1650. The number of aryl methyl sites for hydroxylation is 1. The summed E-state index contributed by atoms with van der Waals surface area (Å²) in [6.07, 6.45) is 1.50. The molecule has 0 aliphatic carbocycles. The SMILES string of the molecule is CCOc1cc(C=NNc2nc(-c3ccccc3)c(C#N)c(=O)[nH]2)c(Br)cc1OCC(=O)Nc1ccccc1C. The second-order valence-electron chi connectivity index (χ2n) is 8.39. The minimum atomic E-state index is -0.582. The first-order valence-corrected chi connectivity index (χ1v) is 13.0. The molecule has 0 saturated carbocycles. The first kappa shape index (κ1) is 28.1. The average Bonchev–Trinajstić information content (AvgIpc) is 2.95. The number of carbonyl (C=O) groups excluding carboxylic acids is 1. The second kappa shape index (κ2) is 13.2. The van der Waals surface area contributed by atoms with Crippen LogP contribution in [0.4, 0.5) is 11.6 Å². The van der Waals surface area contributed by atoms with Gasteiger partial charge in [-0.2, -0.15) is 10.4 Å². The van der Waals surface area contributed by atoms with Crippen LogP contribution in [-0.4, -0.2) is 35.3 Å². The molecule has 1 amide bonds. The molecular weight excluding hydrogens is 576 g/mol. The smallest absolute Gasteiger partial charge is 0.270 e.